The number of amides is 2. The van der Waals surface area contributed by atoms with E-state index in [-0.39, 0.29) is 35.5 Å². The molecule has 13 rings (SSSR count). The number of likely N-dealkylation sites (tertiary alicyclic amines) is 1. The zero-order valence-electron chi connectivity index (χ0n) is 56.4. The van der Waals surface area contributed by atoms with Crippen LogP contribution in [0.2, 0.25) is 0 Å². The first-order chi connectivity index (χ1) is 46.3. The maximum Gasteiger partial charge on any atom is 0.338 e. The Morgan fingerprint density at radius 3 is 1.89 bits per heavy atom. The van der Waals surface area contributed by atoms with E-state index < -0.39 is 10.0 Å². The Balaban J connectivity index is 0.000000145. The van der Waals surface area contributed by atoms with Crippen LogP contribution in [0, 0.1) is 19.8 Å². The first-order valence-corrected chi connectivity index (χ1v) is 37.2. The summed E-state index contributed by atoms with van der Waals surface area (Å²) in [6, 6.07) is 39.8. The van der Waals surface area contributed by atoms with E-state index in [0.717, 1.165) is 127 Å². The number of nitrogens with zero attached hydrogens (tertiary/aromatic N) is 9. The molecule has 7 heterocycles. The van der Waals surface area contributed by atoms with Crippen LogP contribution in [0.3, 0.4) is 0 Å². The fraction of sp³-hybridized carbons (Fsp3) is 0.474. The van der Waals surface area contributed by atoms with Gasteiger partial charge in [-0.2, -0.15) is 4.31 Å². The Morgan fingerprint density at radius 2 is 1.22 bits per heavy atom. The zero-order chi connectivity index (χ0) is 66.4. The molecule has 1 aliphatic carbocycles. The Bertz CT molecular complexity index is 4140. The van der Waals surface area contributed by atoms with E-state index in [1.165, 1.54) is 84.9 Å². The number of sulfonamides is 1. The first-order valence-electron chi connectivity index (χ1n) is 34.9. The van der Waals surface area contributed by atoms with Crippen LogP contribution >= 0.6 is 11.3 Å². The van der Waals surface area contributed by atoms with Gasteiger partial charge in [0.25, 0.3) is 10.0 Å². The number of fused-ring (bicyclic) bond motifs is 3. The van der Waals surface area contributed by atoms with Gasteiger partial charge in [-0.1, -0.05) is 113 Å². The SMILES string of the molecule is CCCCCN1CC(c2nc3ccccc3n2CCCCOc2c(C)cccc2C)CC1=O.CCOC(=O)c1ccc2c(c1)nc(C1CCN(S(=O)(=O)c3cccs3)CC1)n2CC.CCOc1ccccc1N1CC(c2nc3ccccc3n2CCC2CCCCC2)CC1=O. The van der Waals surface area contributed by atoms with Gasteiger partial charge in [-0.25, -0.2) is 28.2 Å². The van der Waals surface area contributed by atoms with Crippen LogP contribution in [0.5, 0.6) is 11.5 Å². The predicted molar refractivity (Wildman–Crippen MR) is 379 cm³/mol. The summed E-state index contributed by atoms with van der Waals surface area (Å²) in [7, 11) is -3.41. The summed E-state index contributed by atoms with van der Waals surface area (Å²) in [5.74, 6) is 6.22. The van der Waals surface area contributed by atoms with Gasteiger partial charge in [0.1, 0.15) is 33.2 Å². The van der Waals surface area contributed by atoms with Gasteiger partial charge in [-0.15, -0.1) is 11.3 Å². The summed E-state index contributed by atoms with van der Waals surface area (Å²) in [4.78, 5) is 56.6. The predicted octanol–water partition coefficient (Wildman–Crippen LogP) is 15.8. The van der Waals surface area contributed by atoms with Gasteiger partial charge in [0, 0.05) is 83.0 Å². The van der Waals surface area contributed by atoms with Crippen molar-refractivity contribution in [3.63, 3.8) is 0 Å². The van der Waals surface area contributed by atoms with Gasteiger partial charge in [0.2, 0.25) is 11.8 Å². The van der Waals surface area contributed by atoms with Gasteiger partial charge in [0.15, 0.2) is 0 Å². The van der Waals surface area contributed by atoms with Crippen molar-refractivity contribution in [1.29, 1.82) is 0 Å². The summed E-state index contributed by atoms with van der Waals surface area (Å²) in [6.07, 6.45) is 16.0. The lowest BCUT2D eigenvalue weighted by molar-refractivity contribution is -0.127. The van der Waals surface area contributed by atoms with Crippen molar-refractivity contribution >= 4 is 77.9 Å². The van der Waals surface area contributed by atoms with Crippen molar-refractivity contribution in [2.75, 3.05) is 57.4 Å². The summed E-state index contributed by atoms with van der Waals surface area (Å²) in [6.45, 7) is 19.8. The van der Waals surface area contributed by atoms with Crippen LogP contribution in [-0.4, -0.2) is 117 Å². The minimum atomic E-state index is -3.41. The van der Waals surface area contributed by atoms with E-state index >= 15 is 0 Å². The van der Waals surface area contributed by atoms with Crippen molar-refractivity contribution in [2.45, 2.75) is 179 Å². The lowest BCUT2D eigenvalue weighted by Crippen LogP contribution is -2.38. The number of esters is 1. The van der Waals surface area contributed by atoms with E-state index in [0.29, 0.717) is 62.1 Å². The highest BCUT2D eigenvalue weighted by Gasteiger charge is 2.38. The topological polar surface area (TPSA) is 176 Å². The number of carbonyl (C=O) groups excluding carboxylic acids is 3. The fourth-order valence-corrected chi connectivity index (χ4v) is 17.1. The molecule has 2 amide bonds. The second-order valence-electron chi connectivity index (χ2n) is 25.8. The summed E-state index contributed by atoms with van der Waals surface area (Å²) >= 11 is 1.25. The standard InChI is InChI=1S/C28H37N3O2.C27H33N3O2.C21H25N3O4S2/c1-4-5-8-16-30-20-23(19-26(30)32)28-29-24-14-6-7-15-25(24)31(28)17-9-10-18-33-27-21(2)12-11-13-22(27)3;1-2-32-25-15-9-8-14-24(25)30-19-21(18-26(30)31)27-28-22-12-6-7-13-23(22)29(27)17-16-20-10-4-3-5-11-20;1-3-24-18-8-7-16(21(25)28-4-2)14-17(18)22-20(24)15-9-11-23(12-10-15)30(26,27)19-6-5-13-29-19/h6-7,11-15,23H,4-5,8-10,16-20H2,1-3H3;6-9,12-15,20-21H,2-5,10-11,16-19H2,1H3;5-8,13-15H,3-4,9-12H2,1-2H3. The second-order valence-corrected chi connectivity index (χ2v) is 28.9. The Labute approximate surface area is 564 Å². The van der Waals surface area contributed by atoms with Crippen LogP contribution in [-0.2, 0) is 44.0 Å². The number of benzene rings is 5. The number of carbonyl (C=O) groups is 3. The molecule has 95 heavy (non-hydrogen) atoms. The molecule has 0 spiro atoms. The van der Waals surface area contributed by atoms with Gasteiger partial charge in [0.05, 0.1) is 64.2 Å². The highest BCUT2D eigenvalue weighted by atomic mass is 32.2. The fourth-order valence-electron chi connectivity index (χ4n) is 14.5. The largest absolute Gasteiger partial charge is 0.493 e. The Morgan fingerprint density at radius 1 is 0.589 bits per heavy atom. The number of imidazole rings is 3. The van der Waals surface area contributed by atoms with Crippen LogP contribution in [0.4, 0.5) is 5.69 Å². The Kier molecular flexibility index (Phi) is 23.3. The molecule has 4 aromatic heterocycles. The van der Waals surface area contributed by atoms with Gasteiger partial charge in [-0.3, -0.25) is 9.59 Å². The number of unbranched alkanes of at least 4 members (excludes halogenated alkanes) is 3. The third kappa shape index (κ3) is 16.0. The average Bonchev–Trinajstić information content (AvgIpc) is 1.64. The molecule has 0 bridgehead atoms. The van der Waals surface area contributed by atoms with Crippen molar-refractivity contribution in [3.8, 4) is 11.5 Å². The number of aromatic nitrogens is 6. The van der Waals surface area contributed by atoms with Crippen LogP contribution < -0.4 is 14.4 Å². The highest BCUT2D eigenvalue weighted by Crippen LogP contribution is 2.39. The summed E-state index contributed by atoms with van der Waals surface area (Å²) in [5.41, 5.74) is 9.90. The highest BCUT2D eigenvalue weighted by molar-refractivity contribution is 7.91. The molecule has 3 saturated heterocycles. The summed E-state index contributed by atoms with van der Waals surface area (Å²) in [5, 5.41) is 1.79. The van der Waals surface area contributed by atoms with Gasteiger partial charge in [-0.05, 0) is 156 Å². The van der Waals surface area contributed by atoms with Crippen LogP contribution in [0.15, 0.2) is 131 Å². The molecule has 1 saturated carbocycles. The molecule has 2 unspecified atom stereocenters. The molecule has 4 fully saturated rings. The number of hydrogen-bond acceptors (Lipinski definition) is 12. The molecule has 3 aliphatic heterocycles. The van der Waals surface area contributed by atoms with E-state index in [1.54, 1.807) is 40.9 Å². The van der Waals surface area contributed by atoms with E-state index in [9.17, 15) is 22.8 Å². The number of aryl methyl sites for hydroxylation is 5. The molecule has 17 nitrogen and oxygen atoms in total. The molecule has 2 atom stereocenters. The van der Waals surface area contributed by atoms with E-state index in [2.05, 4.69) is 102 Å². The number of anilines is 1. The van der Waals surface area contributed by atoms with Crippen molar-refractivity contribution in [2.24, 2.45) is 5.92 Å². The normalized spacial score (nSPS) is 17.4. The van der Waals surface area contributed by atoms with Crippen LogP contribution in [0.1, 0.15) is 181 Å². The smallest absolute Gasteiger partial charge is 0.338 e. The third-order valence-corrected chi connectivity index (χ3v) is 22.6. The molecular formula is C76H95N9O8S2. The maximum atomic E-state index is 13.1. The van der Waals surface area contributed by atoms with Crippen molar-refractivity contribution < 1.29 is 37.0 Å². The lowest BCUT2D eigenvalue weighted by Gasteiger charge is -2.30. The maximum absolute atomic E-state index is 13.1. The molecule has 4 aliphatic rings. The summed E-state index contributed by atoms with van der Waals surface area (Å²) < 4.78 is 51.5. The van der Waals surface area contributed by atoms with Crippen LogP contribution in [0.25, 0.3) is 33.1 Å². The number of ether oxygens (including phenoxy) is 3. The molecule has 0 N–H and O–H groups in total. The number of piperidine rings is 1. The lowest BCUT2D eigenvalue weighted by atomic mass is 9.87. The molecule has 0 radical (unpaired) electrons. The number of hydrogen-bond donors (Lipinski definition) is 0. The molecule has 19 heteroatoms. The molecule has 5 aromatic carbocycles. The quantitative estimate of drug-likeness (QED) is 0.0415. The first kappa shape index (κ1) is 68.5. The number of thiophene rings is 1. The van der Waals surface area contributed by atoms with Gasteiger partial charge < -0.3 is 37.7 Å². The average molecular weight is 1330 g/mol. The van der Waals surface area contributed by atoms with Gasteiger partial charge >= 0.3 is 5.97 Å². The van der Waals surface area contributed by atoms with E-state index in [4.69, 9.17) is 29.2 Å². The molecule has 9 aromatic rings. The third-order valence-electron chi connectivity index (χ3n) is 19.4. The molecule has 504 valence electrons. The second kappa shape index (κ2) is 32.2. The minimum Gasteiger partial charge on any atom is -0.493 e. The van der Waals surface area contributed by atoms with Crippen molar-refractivity contribution in [3.05, 3.63) is 161 Å². The number of rotatable bonds is 24. The van der Waals surface area contributed by atoms with Crippen molar-refractivity contribution in [1.82, 2.24) is 37.9 Å². The Hall–Kier alpha value is -7.87. The minimum absolute atomic E-state index is 0.0935. The number of para-hydroxylation sites is 7. The zero-order valence-corrected chi connectivity index (χ0v) is 58.1. The van der Waals surface area contributed by atoms with E-state index in [1.807, 2.05) is 53.1 Å². The molecular weight excluding hydrogens is 1230 g/mol. The monoisotopic (exact) mass is 1330 g/mol.